The van der Waals surface area contributed by atoms with E-state index in [4.69, 9.17) is 6.42 Å². The van der Waals surface area contributed by atoms with Crippen molar-refractivity contribution >= 4 is 35.5 Å². The largest absolute Gasteiger partial charge is 0.356 e. The number of nitrogens with one attached hydrogen (secondary N) is 5. The van der Waals surface area contributed by atoms with E-state index < -0.39 is 0 Å². The summed E-state index contributed by atoms with van der Waals surface area (Å²) in [4.78, 5) is 46.7. The predicted molar refractivity (Wildman–Crippen MR) is 139 cm³/mol. The standard InChI is InChI=1S/C25H41N5O4S/c1-2-15-26-21(31)12-5-3-9-16-27-22(32)13-6-4-10-17-28-23(33)14-8-7-11-20-24-19(18-35-20)29-25(34)30-24/h1,19-20,24H,3-18H2,(H,26,31)(H,27,32)(H,28,33)(H2,29,30,34). The van der Waals surface area contributed by atoms with E-state index in [1.807, 2.05) is 11.8 Å². The quantitative estimate of drug-likeness (QED) is 0.110. The third kappa shape index (κ3) is 12.2. The molecule has 196 valence electrons. The summed E-state index contributed by atoms with van der Waals surface area (Å²) in [6.45, 7) is 1.55. The minimum absolute atomic E-state index is 0.0288. The van der Waals surface area contributed by atoms with E-state index in [1.54, 1.807) is 0 Å². The summed E-state index contributed by atoms with van der Waals surface area (Å²) in [5, 5.41) is 14.9. The molecule has 0 aliphatic carbocycles. The van der Waals surface area contributed by atoms with Crippen LogP contribution in [-0.2, 0) is 14.4 Å². The highest BCUT2D eigenvalue weighted by molar-refractivity contribution is 8.00. The molecule has 2 rings (SSSR count). The molecule has 2 aliphatic rings. The van der Waals surface area contributed by atoms with E-state index in [0.717, 1.165) is 63.5 Å². The van der Waals surface area contributed by atoms with Crippen LogP contribution in [0.3, 0.4) is 0 Å². The summed E-state index contributed by atoms with van der Waals surface area (Å²) >= 11 is 1.90. The molecule has 2 aliphatic heterocycles. The zero-order chi connectivity index (χ0) is 25.3. The Hall–Kier alpha value is -2.41. The number of urea groups is 1. The van der Waals surface area contributed by atoms with Gasteiger partial charge in [-0.15, -0.1) is 6.42 Å². The molecule has 0 radical (unpaired) electrons. The van der Waals surface area contributed by atoms with Crippen molar-refractivity contribution in [1.29, 1.82) is 0 Å². The summed E-state index contributed by atoms with van der Waals surface area (Å²) in [5.41, 5.74) is 0. The van der Waals surface area contributed by atoms with Gasteiger partial charge < -0.3 is 26.6 Å². The number of carbonyl (C=O) groups excluding carboxylic acids is 4. The Labute approximate surface area is 213 Å². The van der Waals surface area contributed by atoms with Gasteiger partial charge in [0.25, 0.3) is 0 Å². The van der Waals surface area contributed by atoms with Crippen molar-refractivity contribution < 1.29 is 19.2 Å². The molecule has 0 spiro atoms. The predicted octanol–water partition coefficient (Wildman–Crippen LogP) is 1.81. The molecule has 9 nitrogen and oxygen atoms in total. The first kappa shape index (κ1) is 28.8. The van der Waals surface area contributed by atoms with E-state index in [0.29, 0.717) is 37.6 Å². The Balaban J connectivity index is 1.33. The van der Waals surface area contributed by atoms with Crippen LogP contribution in [0.4, 0.5) is 4.79 Å². The molecule has 5 amide bonds. The number of thioether (sulfide) groups is 1. The second kappa shape index (κ2) is 17.1. The number of rotatable bonds is 18. The van der Waals surface area contributed by atoms with Gasteiger partial charge in [-0.2, -0.15) is 11.8 Å². The molecule has 0 aromatic carbocycles. The number of amides is 5. The van der Waals surface area contributed by atoms with E-state index in [1.165, 1.54) is 0 Å². The van der Waals surface area contributed by atoms with Crippen LogP contribution in [0.5, 0.6) is 0 Å². The number of fused-ring (bicyclic) bond motifs is 1. The molecule has 2 fully saturated rings. The maximum absolute atomic E-state index is 12.0. The van der Waals surface area contributed by atoms with Crippen LogP contribution in [0, 0.1) is 12.3 Å². The average Bonchev–Trinajstić information content (AvgIpc) is 3.39. The highest BCUT2D eigenvalue weighted by Crippen LogP contribution is 2.33. The summed E-state index contributed by atoms with van der Waals surface area (Å²) in [6, 6.07) is 0.424. The zero-order valence-corrected chi connectivity index (χ0v) is 21.5. The van der Waals surface area contributed by atoms with Crippen molar-refractivity contribution in [3.05, 3.63) is 0 Å². The van der Waals surface area contributed by atoms with Crippen molar-refractivity contribution in [3.63, 3.8) is 0 Å². The van der Waals surface area contributed by atoms with Crippen molar-refractivity contribution in [2.24, 2.45) is 0 Å². The number of hydrogen-bond acceptors (Lipinski definition) is 5. The summed E-state index contributed by atoms with van der Waals surface area (Å²) in [5.74, 6) is 3.45. The minimum Gasteiger partial charge on any atom is -0.356 e. The van der Waals surface area contributed by atoms with E-state index in [2.05, 4.69) is 32.5 Å². The van der Waals surface area contributed by atoms with Crippen LogP contribution < -0.4 is 26.6 Å². The first-order valence-electron chi connectivity index (χ1n) is 12.9. The molecule has 2 saturated heterocycles. The van der Waals surface area contributed by atoms with E-state index >= 15 is 0 Å². The molecule has 3 atom stereocenters. The highest BCUT2D eigenvalue weighted by Gasteiger charge is 2.42. The Bertz CT molecular complexity index is 742. The lowest BCUT2D eigenvalue weighted by molar-refractivity contribution is -0.122. The summed E-state index contributed by atoms with van der Waals surface area (Å²) in [7, 11) is 0. The molecule has 35 heavy (non-hydrogen) atoms. The molecule has 0 bridgehead atoms. The smallest absolute Gasteiger partial charge is 0.315 e. The lowest BCUT2D eigenvalue weighted by Gasteiger charge is -2.16. The molecule has 2 heterocycles. The molecule has 10 heteroatoms. The third-order valence-electron chi connectivity index (χ3n) is 6.27. The van der Waals surface area contributed by atoms with Crippen LogP contribution in [0.2, 0.25) is 0 Å². The first-order chi connectivity index (χ1) is 17.0. The molecular weight excluding hydrogens is 466 g/mol. The lowest BCUT2D eigenvalue weighted by Crippen LogP contribution is -2.36. The lowest BCUT2D eigenvalue weighted by atomic mass is 10.0. The number of terminal acetylenes is 1. The minimum atomic E-state index is -0.0580. The van der Waals surface area contributed by atoms with Crippen molar-refractivity contribution in [2.75, 3.05) is 25.4 Å². The normalized spacial score (nSPS) is 20.3. The summed E-state index contributed by atoms with van der Waals surface area (Å²) < 4.78 is 0. The Morgan fingerprint density at radius 2 is 1.40 bits per heavy atom. The van der Waals surface area contributed by atoms with Crippen LogP contribution in [0.1, 0.15) is 77.0 Å². The average molecular weight is 508 g/mol. The maximum atomic E-state index is 12.0. The van der Waals surface area contributed by atoms with Crippen LogP contribution >= 0.6 is 11.8 Å². The van der Waals surface area contributed by atoms with Gasteiger partial charge in [0.05, 0.1) is 18.6 Å². The van der Waals surface area contributed by atoms with E-state index in [-0.39, 0.29) is 42.4 Å². The monoisotopic (exact) mass is 507 g/mol. The van der Waals surface area contributed by atoms with Gasteiger partial charge in [0.2, 0.25) is 17.7 Å². The van der Waals surface area contributed by atoms with Gasteiger partial charge in [-0.1, -0.05) is 25.2 Å². The number of hydrogen-bond donors (Lipinski definition) is 5. The molecule has 0 saturated carbocycles. The molecule has 0 aromatic heterocycles. The van der Waals surface area contributed by atoms with Gasteiger partial charge in [-0.25, -0.2) is 4.79 Å². The Morgan fingerprint density at radius 3 is 2.00 bits per heavy atom. The SMILES string of the molecule is C#CCNC(=O)CCCCCNC(=O)CCCCCNC(=O)CCCCC1SCC2NC(=O)NC21. The Morgan fingerprint density at radius 1 is 0.829 bits per heavy atom. The van der Waals surface area contributed by atoms with Gasteiger partial charge in [0.1, 0.15) is 0 Å². The zero-order valence-electron chi connectivity index (χ0n) is 20.7. The van der Waals surface area contributed by atoms with Gasteiger partial charge in [0, 0.05) is 43.4 Å². The maximum Gasteiger partial charge on any atom is 0.315 e. The third-order valence-corrected chi connectivity index (χ3v) is 7.78. The molecule has 5 N–H and O–H groups in total. The Kier molecular flexibility index (Phi) is 14.1. The van der Waals surface area contributed by atoms with Crippen LogP contribution in [0.25, 0.3) is 0 Å². The highest BCUT2D eigenvalue weighted by atomic mass is 32.2. The van der Waals surface area contributed by atoms with Gasteiger partial charge in [0.15, 0.2) is 0 Å². The molecule has 0 aromatic rings. The second-order valence-electron chi connectivity index (χ2n) is 9.17. The van der Waals surface area contributed by atoms with Crippen molar-refractivity contribution in [1.82, 2.24) is 26.6 Å². The van der Waals surface area contributed by atoms with Crippen molar-refractivity contribution in [3.8, 4) is 12.3 Å². The molecular formula is C25H41N5O4S. The molecule has 3 unspecified atom stereocenters. The van der Waals surface area contributed by atoms with Gasteiger partial charge >= 0.3 is 6.03 Å². The fourth-order valence-corrected chi connectivity index (χ4v) is 5.86. The van der Waals surface area contributed by atoms with Crippen molar-refractivity contribution in [2.45, 2.75) is 94.4 Å². The first-order valence-corrected chi connectivity index (χ1v) is 14.0. The second-order valence-corrected chi connectivity index (χ2v) is 10.4. The van der Waals surface area contributed by atoms with E-state index in [9.17, 15) is 19.2 Å². The van der Waals surface area contributed by atoms with Crippen LogP contribution in [0.15, 0.2) is 0 Å². The fraction of sp³-hybridized carbons (Fsp3) is 0.760. The van der Waals surface area contributed by atoms with Gasteiger partial charge in [-0.3, -0.25) is 14.4 Å². The topological polar surface area (TPSA) is 128 Å². The van der Waals surface area contributed by atoms with Gasteiger partial charge in [-0.05, 0) is 38.5 Å². The number of unbranched alkanes of at least 4 members (excludes halogenated alkanes) is 5. The summed E-state index contributed by atoms with van der Waals surface area (Å²) in [6.07, 6.45) is 14.6. The van der Waals surface area contributed by atoms with Crippen LogP contribution in [-0.4, -0.2) is 66.5 Å². The fourth-order valence-electron chi connectivity index (χ4n) is 4.32. The number of carbonyl (C=O) groups is 4.